The molecule has 4 heteroatoms. The van der Waals surface area contributed by atoms with Gasteiger partial charge in [0.1, 0.15) is 5.78 Å². The van der Waals surface area contributed by atoms with Gasteiger partial charge in [-0.2, -0.15) is 0 Å². The summed E-state index contributed by atoms with van der Waals surface area (Å²) in [5.74, 6) is -0.683. The summed E-state index contributed by atoms with van der Waals surface area (Å²) < 4.78 is 0. The summed E-state index contributed by atoms with van der Waals surface area (Å²) in [6, 6.07) is 0. The van der Waals surface area contributed by atoms with Crippen molar-refractivity contribution in [3.05, 3.63) is 30.7 Å². The van der Waals surface area contributed by atoms with Crippen molar-refractivity contribution >= 4 is 11.6 Å². The van der Waals surface area contributed by atoms with E-state index in [9.17, 15) is 19.8 Å². The van der Waals surface area contributed by atoms with Crippen LogP contribution in [-0.2, 0) is 9.59 Å². The minimum atomic E-state index is -2.03. The van der Waals surface area contributed by atoms with E-state index in [4.69, 9.17) is 0 Å². The average Bonchev–Trinajstić information content (AvgIpc) is 3.00. The number of aliphatic hydroxyl groups is 2. The average molecular weight is 604 g/mol. The molecule has 1 atom stereocenters. The fourth-order valence-corrected chi connectivity index (χ4v) is 5.50. The van der Waals surface area contributed by atoms with E-state index in [1.165, 1.54) is 103 Å². The maximum Gasteiger partial charge on any atom is 0.167 e. The van der Waals surface area contributed by atoms with Crippen molar-refractivity contribution in [2.75, 3.05) is 6.61 Å². The summed E-state index contributed by atoms with van der Waals surface area (Å²) in [5.41, 5.74) is -2.03. The van der Waals surface area contributed by atoms with Crippen LogP contribution in [0.25, 0.3) is 0 Å². The maximum absolute atomic E-state index is 12.6. The van der Waals surface area contributed by atoms with Gasteiger partial charge in [0.15, 0.2) is 11.4 Å². The highest BCUT2D eigenvalue weighted by Gasteiger charge is 2.36. The first-order valence-electron chi connectivity index (χ1n) is 18.5. The van der Waals surface area contributed by atoms with Crippen molar-refractivity contribution in [3.8, 4) is 0 Å². The Morgan fingerprint density at radius 3 is 1.19 bits per heavy atom. The van der Waals surface area contributed by atoms with Crippen LogP contribution in [0.1, 0.15) is 194 Å². The number of hydrogen-bond donors (Lipinski definition) is 2. The molecule has 0 aliphatic carbocycles. The van der Waals surface area contributed by atoms with Crippen molar-refractivity contribution in [2.45, 2.75) is 199 Å². The molecule has 1 unspecified atom stereocenters. The first kappa shape index (κ1) is 41.7. The largest absolute Gasteiger partial charge is 0.393 e. The Kier molecular flexibility index (Phi) is 31.2. The quantitative estimate of drug-likeness (QED) is 0.0566. The number of aliphatic hydroxyl groups excluding tert-OH is 1. The Bertz CT molecular complexity index is 683. The topological polar surface area (TPSA) is 74.6 Å². The molecular weight excluding hydrogens is 532 g/mol. The van der Waals surface area contributed by atoms with E-state index in [0.29, 0.717) is 12.8 Å². The molecule has 0 aromatic carbocycles. The fourth-order valence-electron chi connectivity index (χ4n) is 5.50. The third kappa shape index (κ3) is 28.0. The van der Waals surface area contributed by atoms with E-state index in [2.05, 4.69) is 38.2 Å². The summed E-state index contributed by atoms with van der Waals surface area (Å²) in [6.45, 7) is 3.78. The molecule has 0 rings (SSSR count). The minimum Gasteiger partial charge on any atom is -0.393 e. The van der Waals surface area contributed by atoms with E-state index >= 15 is 0 Å². The molecular formula is C39H71O4. The molecule has 251 valence electrons. The van der Waals surface area contributed by atoms with Crippen LogP contribution < -0.4 is 0 Å². The fraction of sp³-hybridized carbons (Fsp3) is 0.821. The smallest absolute Gasteiger partial charge is 0.167 e. The summed E-state index contributed by atoms with van der Waals surface area (Å²) in [6.07, 6.45) is 41.8. The predicted octanol–water partition coefficient (Wildman–Crippen LogP) is 11.1. The number of allylic oxidation sites excluding steroid dienone is 4. The highest BCUT2D eigenvalue weighted by Crippen LogP contribution is 2.19. The lowest BCUT2D eigenvalue weighted by molar-refractivity contribution is -0.140. The zero-order valence-electron chi connectivity index (χ0n) is 28.6. The summed E-state index contributed by atoms with van der Waals surface area (Å²) in [5, 5.41) is 20.3. The van der Waals surface area contributed by atoms with Crippen LogP contribution in [0.2, 0.25) is 0 Å². The lowest BCUT2D eigenvalue weighted by Crippen LogP contribution is -2.45. The predicted molar refractivity (Wildman–Crippen MR) is 185 cm³/mol. The molecule has 0 aromatic rings. The first-order chi connectivity index (χ1) is 21.0. The second-order valence-electron chi connectivity index (χ2n) is 12.8. The van der Waals surface area contributed by atoms with Crippen LogP contribution in [0.3, 0.4) is 0 Å². The van der Waals surface area contributed by atoms with Crippen molar-refractivity contribution in [1.82, 2.24) is 0 Å². The highest BCUT2D eigenvalue weighted by atomic mass is 16.3. The van der Waals surface area contributed by atoms with Gasteiger partial charge in [0.2, 0.25) is 0 Å². The van der Waals surface area contributed by atoms with Gasteiger partial charge < -0.3 is 10.2 Å². The summed E-state index contributed by atoms with van der Waals surface area (Å²) in [7, 11) is 0. The van der Waals surface area contributed by atoms with Crippen LogP contribution >= 0.6 is 0 Å². The molecule has 0 aromatic heterocycles. The van der Waals surface area contributed by atoms with Crippen molar-refractivity contribution in [3.63, 3.8) is 0 Å². The lowest BCUT2D eigenvalue weighted by Gasteiger charge is -2.23. The second kappa shape index (κ2) is 32.1. The van der Waals surface area contributed by atoms with Crippen LogP contribution in [0, 0.1) is 6.42 Å². The molecule has 1 radical (unpaired) electrons. The number of hydrogen-bond acceptors (Lipinski definition) is 4. The Morgan fingerprint density at radius 1 is 0.488 bits per heavy atom. The third-order valence-electron chi connectivity index (χ3n) is 8.47. The van der Waals surface area contributed by atoms with E-state index in [1.807, 2.05) is 0 Å². The molecule has 0 saturated carbocycles. The highest BCUT2D eigenvalue weighted by molar-refractivity contribution is 5.99. The van der Waals surface area contributed by atoms with Gasteiger partial charge in [0.05, 0.1) is 13.0 Å². The van der Waals surface area contributed by atoms with E-state index in [0.717, 1.165) is 64.2 Å². The van der Waals surface area contributed by atoms with Gasteiger partial charge >= 0.3 is 0 Å². The number of unbranched alkanes of at least 4 members (excludes halogenated alkanes) is 22. The Hall–Kier alpha value is -1.26. The third-order valence-corrected chi connectivity index (χ3v) is 8.47. The zero-order chi connectivity index (χ0) is 31.7. The summed E-state index contributed by atoms with van der Waals surface area (Å²) in [4.78, 5) is 24.9. The normalized spacial score (nSPS) is 13.3. The van der Waals surface area contributed by atoms with Crippen LogP contribution in [0.15, 0.2) is 24.3 Å². The molecule has 0 fully saturated rings. The number of carbonyl (C=O) groups is 2. The molecule has 4 nitrogen and oxygen atoms in total. The van der Waals surface area contributed by atoms with Gasteiger partial charge in [-0.25, -0.2) is 0 Å². The van der Waals surface area contributed by atoms with E-state index in [-0.39, 0.29) is 12.2 Å². The first-order valence-corrected chi connectivity index (χ1v) is 18.5. The van der Waals surface area contributed by atoms with Crippen LogP contribution in [-0.4, -0.2) is 34.0 Å². The molecule has 0 saturated heterocycles. The van der Waals surface area contributed by atoms with Crippen LogP contribution in [0.4, 0.5) is 0 Å². The lowest BCUT2D eigenvalue weighted by atomic mass is 9.88. The molecule has 0 bridgehead atoms. The van der Waals surface area contributed by atoms with Gasteiger partial charge in [0.25, 0.3) is 0 Å². The molecule has 2 N–H and O–H groups in total. The molecule has 0 heterocycles. The van der Waals surface area contributed by atoms with Crippen molar-refractivity contribution < 1.29 is 19.8 Å². The standard InChI is InChI=1S/C39H71O4/c1-3-5-7-9-11-13-15-17-19-21-23-25-27-29-31-33-37(41)35-39(43,36-40)38(42)34-32-30-28-26-24-22-20-18-16-14-12-10-8-6-4-2/h17-20,35,40,43H,3-16,21-34,36H2,1-2H3/b19-17-,20-18-. The Morgan fingerprint density at radius 2 is 0.814 bits per heavy atom. The number of ketones is 2. The van der Waals surface area contributed by atoms with Gasteiger partial charge in [-0.15, -0.1) is 0 Å². The number of Topliss-reactive ketones (excluding diaryl/α,β-unsaturated/α-hetero) is 2. The molecule has 0 spiro atoms. The Balaban J connectivity index is 3.75. The van der Waals surface area contributed by atoms with Crippen molar-refractivity contribution in [1.29, 1.82) is 0 Å². The molecule has 43 heavy (non-hydrogen) atoms. The zero-order valence-corrected chi connectivity index (χ0v) is 28.6. The monoisotopic (exact) mass is 604 g/mol. The minimum absolute atomic E-state index is 0.201. The molecule has 0 aliphatic heterocycles. The number of carbonyl (C=O) groups excluding carboxylic acids is 2. The molecule has 0 aliphatic rings. The second-order valence-corrected chi connectivity index (χ2v) is 12.8. The van der Waals surface area contributed by atoms with E-state index in [1.54, 1.807) is 0 Å². The van der Waals surface area contributed by atoms with Crippen LogP contribution in [0.5, 0.6) is 0 Å². The van der Waals surface area contributed by atoms with Gasteiger partial charge in [-0.05, 0) is 64.2 Å². The maximum atomic E-state index is 12.6. The van der Waals surface area contributed by atoms with Gasteiger partial charge in [-0.1, -0.05) is 141 Å². The Labute approximate surface area is 267 Å². The van der Waals surface area contributed by atoms with Gasteiger partial charge in [0, 0.05) is 12.8 Å². The molecule has 0 amide bonds. The van der Waals surface area contributed by atoms with Gasteiger partial charge in [-0.3, -0.25) is 9.59 Å². The summed E-state index contributed by atoms with van der Waals surface area (Å²) >= 11 is 0. The van der Waals surface area contributed by atoms with E-state index < -0.39 is 18.0 Å². The van der Waals surface area contributed by atoms with Crippen molar-refractivity contribution in [2.24, 2.45) is 0 Å². The SMILES string of the molecule is CCCCCCCC/C=C\CCCCCCCC(=O)[CH]C(O)(CO)C(=O)CCCCCCC/C=C\CCCCCCCC. The number of rotatable bonds is 34.